The predicted octanol–water partition coefficient (Wildman–Crippen LogP) is 1.82. The molecule has 2 amide bonds. The molecule has 0 saturated carbocycles. The van der Waals surface area contributed by atoms with Crippen molar-refractivity contribution in [2.75, 3.05) is 20.0 Å². The summed E-state index contributed by atoms with van der Waals surface area (Å²) in [7, 11) is 2.45. The lowest BCUT2D eigenvalue weighted by molar-refractivity contribution is -0.146. The van der Waals surface area contributed by atoms with Gasteiger partial charge in [0.05, 0.1) is 14.2 Å². The van der Waals surface area contributed by atoms with Crippen LogP contribution in [0.4, 0.5) is 0 Å². The Balaban J connectivity index is 2.77. The third-order valence-electron chi connectivity index (χ3n) is 4.19. The van der Waals surface area contributed by atoms with Crippen molar-refractivity contribution in [3.8, 4) is 0 Å². The highest BCUT2D eigenvalue weighted by atomic mass is 32.2. The Bertz CT molecular complexity index is 698. The number of thioether (sulfide) groups is 1. The molecule has 2 atom stereocenters. The molecule has 0 aliphatic rings. The highest BCUT2D eigenvalue weighted by molar-refractivity contribution is 7.98. The number of rotatable bonds is 13. The Kier molecular flexibility index (Phi) is 12.3. The summed E-state index contributed by atoms with van der Waals surface area (Å²) in [6, 6.07) is 7.94. The Labute approximate surface area is 181 Å². The molecule has 2 N–H and O–H groups in total. The Hall–Kier alpha value is -2.55. The third-order valence-corrected chi connectivity index (χ3v) is 5.30. The van der Waals surface area contributed by atoms with Crippen molar-refractivity contribution in [3.05, 3.63) is 35.9 Å². The van der Waals surface area contributed by atoms with E-state index in [0.717, 1.165) is 5.56 Å². The van der Waals surface area contributed by atoms with Gasteiger partial charge in [-0.3, -0.25) is 14.4 Å². The summed E-state index contributed by atoms with van der Waals surface area (Å²) < 4.78 is 9.30. The molecule has 0 aliphatic heterocycles. The number of carbonyl (C=O) groups is 4. The first-order valence-electron chi connectivity index (χ1n) is 9.77. The van der Waals surface area contributed by atoms with Gasteiger partial charge in [-0.15, -0.1) is 0 Å². The fourth-order valence-electron chi connectivity index (χ4n) is 2.57. The van der Waals surface area contributed by atoms with E-state index < -0.39 is 29.9 Å². The van der Waals surface area contributed by atoms with E-state index in [1.807, 2.05) is 37.3 Å². The first-order valence-corrected chi connectivity index (χ1v) is 10.9. The maximum absolute atomic E-state index is 12.8. The van der Waals surface area contributed by atoms with Crippen LogP contribution < -0.4 is 10.6 Å². The average molecular weight is 439 g/mol. The van der Waals surface area contributed by atoms with E-state index in [-0.39, 0.29) is 18.7 Å². The fraction of sp³-hybridized carbons (Fsp3) is 0.524. The van der Waals surface area contributed by atoms with E-state index in [0.29, 0.717) is 24.3 Å². The monoisotopic (exact) mass is 438 g/mol. The van der Waals surface area contributed by atoms with Crippen LogP contribution >= 0.6 is 11.8 Å². The van der Waals surface area contributed by atoms with Crippen LogP contribution in [0.2, 0.25) is 0 Å². The van der Waals surface area contributed by atoms with E-state index in [4.69, 9.17) is 4.74 Å². The molecule has 1 aromatic carbocycles. The van der Waals surface area contributed by atoms with Crippen LogP contribution in [-0.4, -0.2) is 55.8 Å². The summed E-state index contributed by atoms with van der Waals surface area (Å²) in [4.78, 5) is 48.3. The van der Waals surface area contributed by atoms with E-state index in [9.17, 15) is 19.2 Å². The molecule has 30 heavy (non-hydrogen) atoms. The number of methoxy groups -OCH3 is 2. The lowest BCUT2D eigenvalue weighted by Gasteiger charge is -2.22. The summed E-state index contributed by atoms with van der Waals surface area (Å²) in [5, 5.41) is 5.32. The van der Waals surface area contributed by atoms with Crippen molar-refractivity contribution in [3.63, 3.8) is 0 Å². The number of hydrogen-bond acceptors (Lipinski definition) is 7. The second-order valence-electron chi connectivity index (χ2n) is 6.57. The number of nitrogens with one attached hydrogen (secondary N) is 2. The summed E-state index contributed by atoms with van der Waals surface area (Å²) in [5.74, 6) is -0.882. The van der Waals surface area contributed by atoms with Crippen molar-refractivity contribution in [1.29, 1.82) is 0 Å². The van der Waals surface area contributed by atoms with Gasteiger partial charge in [0.2, 0.25) is 11.8 Å². The molecule has 9 heteroatoms. The number of amides is 2. The van der Waals surface area contributed by atoms with Gasteiger partial charge < -0.3 is 20.1 Å². The molecule has 0 saturated heterocycles. The molecule has 0 bridgehead atoms. The minimum absolute atomic E-state index is 0.0396. The van der Waals surface area contributed by atoms with Gasteiger partial charge in [-0.05, 0) is 18.4 Å². The van der Waals surface area contributed by atoms with Gasteiger partial charge in [0.1, 0.15) is 12.1 Å². The zero-order valence-electron chi connectivity index (χ0n) is 17.6. The van der Waals surface area contributed by atoms with Crippen LogP contribution in [0.5, 0.6) is 0 Å². The molecule has 0 unspecified atom stereocenters. The van der Waals surface area contributed by atoms with Crippen LogP contribution in [0.3, 0.4) is 0 Å². The van der Waals surface area contributed by atoms with Gasteiger partial charge in [0, 0.05) is 24.3 Å². The van der Waals surface area contributed by atoms with Crippen molar-refractivity contribution in [1.82, 2.24) is 10.6 Å². The Morgan fingerprint density at radius 2 is 1.67 bits per heavy atom. The number of carbonyl (C=O) groups excluding carboxylic acids is 4. The third kappa shape index (κ3) is 9.78. The molecule has 0 aliphatic carbocycles. The normalized spacial score (nSPS) is 12.4. The van der Waals surface area contributed by atoms with Gasteiger partial charge in [-0.2, -0.15) is 11.8 Å². The molecule has 8 nitrogen and oxygen atoms in total. The predicted molar refractivity (Wildman–Crippen MR) is 115 cm³/mol. The van der Waals surface area contributed by atoms with E-state index >= 15 is 0 Å². The number of ether oxygens (including phenoxy) is 2. The lowest BCUT2D eigenvalue weighted by atomic mass is 10.1. The number of benzene rings is 1. The van der Waals surface area contributed by atoms with Crippen molar-refractivity contribution in [2.45, 2.75) is 50.4 Å². The second-order valence-corrected chi connectivity index (χ2v) is 7.60. The molecule has 1 rings (SSSR count). The van der Waals surface area contributed by atoms with E-state index in [1.54, 1.807) is 0 Å². The molecule has 0 radical (unpaired) electrons. The van der Waals surface area contributed by atoms with Crippen LogP contribution in [0, 0.1) is 0 Å². The first-order chi connectivity index (χ1) is 14.4. The molecule has 0 spiro atoms. The Morgan fingerprint density at radius 1 is 0.967 bits per heavy atom. The largest absolute Gasteiger partial charge is 0.469 e. The smallest absolute Gasteiger partial charge is 0.328 e. The summed E-state index contributed by atoms with van der Waals surface area (Å²) in [5.41, 5.74) is 1.10. The molecule has 0 aromatic heterocycles. The van der Waals surface area contributed by atoms with Crippen LogP contribution in [0.15, 0.2) is 30.3 Å². The quantitative estimate of drug-likeness (QED) is 0.452. The zero-order valence-corrected chi connectivity index (χ0v) is 18.5. The summed E-state index contributed by atoms with van der Waals surface area (Å²) in [6.07, 6.45) is 0.946. The molecule has 166 valence electrons. The van der Waals surface area contributed by atoms with Gasteiger partial charge in [-0.25, -0.2) is 4.79 Å². The molecule has 0 fully saturated rings. The van der Waals surface area contributed by atoms with Crippen LogP contribution in [0.25, 0.3) is 0 Å². The van der Waals surface area contributed by atoms with E-state index in [1.165, 1.54) is 26.0 Å². The molecule has 0 heterocycles. The van der Waals surface area contributed by atoms with Gasteiger partial charge in [0.25, 0.3) is 0 Å². The Morgan fingerprint density at radius 3 is 2.27 bits per heavy atom. The van der Waals surface area contributed by atoms with E-state index in [2.05, 4.69) is 15.4 Å². The summed E-state index contributed by atoms with van der Waals surface area (Å²) >= 11 is 1.50. The minimum Gasteiger partial charge on any atom is -0.469 e. The summed E-state index contributed by atoms with van der Waals surface area (Å²) in [6.45, 7) is 1.87. The van der Waals surface area contributed by atoms with Gasteiger partial charge >= 0.3 is 11.9 Å². The lowest BCUT2D eigenvalue weighted by Crippen LogP contribution is -2.53. The van der Waals surface area contributed by atoms with Crippen molar-refractivity contribution >= 4 is 35.5 Å². The highest BCUT2D eigenvalue weighted by Crippen LogP contribution is 2.13. The molecular formula is C21H30N2O6S. The maximum Gasteiger partial charge on any atom is 0.328 e. The maximum atomic E-state index is 12.8. The molecule has 1 aromatic rings. The van der Waals surface area contributed by atoms with Gasteiger partial charge in [0.15, 0.2) is 0 Å². The van der Waals surface area contributed by atoms with Gasteiger partial charge in [-0.1, -0.05) is 37.3 Å². The molecular weight excluding hydrogens is 408 g/mol. The first kappa shape index (κ1) is 25.5. The zero-order chi connectivity index (χ0) is 22.4. The van der Waals surface area contributed by atoms with Crippen molar-refractivity contribution in [2.24, 2.45) is 0 Å². The SMILES string of the molecule is CCCC(=O)N[C@@H](CSCc1ccccc1)C(=O)N[C@H](CCC(=O)OC)C(=O)OC. The standard InChI is InChI=1S/C21H30N2O6S/c1-4-8-18(24)22-17(14-30-13-15-9-6-5-7-10-15)20(26)23-16(21(27)29-3)11-12-19(25)28-2/h5-7,9-10,16-17H,4,8,11-14H2,1-3H3,(H,22,24)(H,23,26)/t16-,17+/m1/s1. The average Bonchev–Trinajstić information content (AvgIpc) is 2.75. The minimum atomic E-state index is -1.01. The number of hydrogen-bond donors (Lipinski definition) is 2. The fourth-order valence-corrected chi connectivity index (χ4v) is 3.59. The highest BCUT2D eigenvalue weighted by Gasteiger charge is 2.27. The van der Waals surface area contributed by atoms with Crippen molar-refractivity contribution < 1.29 is 28.7 Å². The van der Waals surface area contributed by atoms with Crippen LogP contribution in [-0.2, 0) is 34.4 Å². The number of esters is 2. The van der Waals surface area contributed by atoms with Crippen LogP contribution in [0.1, 0.15) is 38.2 Å². The second kappa shape index (κ2) is 14.4. The topological polar surface area (TPSA) is 111 Å².